The van der Waals surface area contributed by atoms with Gasteiger partial charge < -0.3 is 15.5 Å². The fourth-order valence-corrected chi connectivity index (χ4v) is 4.16. The molecule has 4 nitrogen and oxygen atoms in total. The molecule has 2 N–H and O–H groups in total. The van der Waals surface area contributed by atoms with Crippen LogP contribution in [0.2, 0.25) is 0 Å². The number of fused-ring (bicyclic) bond motifs is 3. The van der Waals surface area contributed by atoms with Gasteiger partial charge in [-0.3, -0.25) is 4.79 Å². The third kappa shape index (κ3) is 2.13. The molecule has 3 atom stereocenters. The molecular formula is C17H23N3O. The van der Waals surface area contributed by atoms with Crippen LogP contribution in [0.4, 0.5) is 11.4 Å². The Balaban J connectivity index is 1.58. The number of carbonyl (C=O) groups excluding carboxylic acids is 1. The van der Waals surface area contributed by atoms with E-state index in [1.54, 1.807) is 0 Å². The molecule has 1 saturated heterocycles. The molecule has 112 valence electrons. The monoisotopic (exact) mass is 285 g/mol. The van der Waals surface area contributed by atoms with Gasteiger partial charge in [-0.05, 0) is 50.3 Å². The Bertz CT molecular complexity index is 571. The van der Waals surface area contributed by atoms with E-state index in [0.29, 0.717) is 0 Å². The second-order valence-electron chi connectivity index (χ2n) is 6.63. The normalized spacial score (nSPS) is 29.9. The van der Waals surface area contributed by atoms with Gasteiger partial charge >= 0.3 is 0 Å². The Hall–Kier alpha value is -1.55. The van der Waals surface area contributed by atoms with Crippen molar-refractivity contribution in [3.8, 4) is 0 Å². The maximum absolute atomic E-state index is 12.1. The number of carbonyl (C=O) groups is 1. The Morgan fingerprint density at radius 1 is 1.38 bits per heavy atom. The number of rotatable bonds is 4. The van der Waals surface area contributed by atoms with E-state index < -0.39 is 0 Å². The summed E-state index contributed by atoms with van der Waals surface area (Å²) in [6.07, 6.45) is 5.11. The average molecular weight is 285 g/mol. The lowest BCUT2D eigenvalue weighted by Crippen LogP contribution is -2.31. The molecular weight excluding hydrogens is 262 g/mol. The number of nitrogens with one attached hydrogen (secondary N) is 2. The fraction of sp³-hybridized carbons (Fsp3) is 0.588. The molecule has 1 saturated carbocycles. The molecule has 0 aromatic heterocycles. The smallest absolute Gasteiger partial charge is 0.246 e. The fourth-order valence-electron chi connectivity index (χ4n) is 4.16. The van der Waals surface area contributed by atoms with Crippen molar-refractivity contribution in [2.75, 3.05) is 23.3 Å². The summed E-state index contributed by atoms with van der Waals surface area (Å²) < 4.78 is 0. The second kappa shape index (κ2) is 5.02. The summed E-state index contributed by atoms with van der Waals surface area (Å²) in [5.41, 5.74) is 3.37. The SMILES string of the molecule is CCCNC1C(=O)Nc2cc(N3CC4CCC3C4)ccc21. The van der Waals surface area contributed by atoms with Crippen molar-refractivity contribution in [2.24, 2.45) is 5.92 Å². The van der Waals surface area contributed by atoms with Crippen molar-refractivity contribution in [2.45, 2.75) is 44.7 Å². The van der Waals surface area contributed by atoms with Crippen LogP contribution in [0, 0.1) is 5.92 Å². The molecule has 2 aliphatic heterocycles. The van der Waals surface area contributed by atoms with Crippen LogP contribution in [0.5, 0.6) is 0 Å². The Labute approximate surface area is 125 Å². The van der Waals surface area contributed by atoms with Crippen LogP contribution in [0.3, 0.4) is 0 Å². The summed E-state index contributed by atoms with van der Waals surface area (Å²) in [6.45, 7) is 4.18. The van der Waals surface area contributed by atoms with Crippen molar-refractivity contribution < 1.29 is 4.79 Å². The number of amides is 1. The lowest BCUT2D eigenvalue weighted by Gasteiger charge is -2.29. The van der Waals surface area contributed by atoms with Gasteiger partial charge in [0.05, 0.1) is 0 Å². The first-order chi connectivity index (χ1) is 10.3. The summed E-state index contributed by atoms with van der Waals surface area (Å²) in [6, 6.07) is 7.03. The zero-order valence-electron chi connectivity index (χ0n) is 12.6. The third-order valence-corrected chi connectivity index (χ3v) is 5.21. The largest absolute Gasteiger partial charge is 0.368 e. The lowest BCUT2D eigenvalue weighted by atomic mass is 10.1. The molecule has 0 radical (unpaired) electrons. The van der Waals surface area contributed by atoms with Crippen molar-refractivity contribution in [1.82, 2.24) is 5.32 Å². The lowest BCUT2D eigenvalue weighted by molar-refractivity contribution is -0.117. The Morgan fingerprint density at radius 3 is 3.00 bits per heavy atom. The van der Waals surface area contributed by atoms with E-state index in [0.717, 1.165) is 36.2 Å². The molecule has 3 aliphatic rings. The zero-order valence-corrected chi connectivity index (χ0v) is 12.6. The van der Waals surface area contributed by atoms with Gasteiger partial charge in [0, 0.05) is 29.5 Å². The Morgan fingerprint density at radius 2 is 2.29 bits per heavy atom. The van der Waals surface area contributed by atoms with Crippen molar-refractivity contribution in [1.29, 1.82) is 0 Å². The van der Waals surface area contributed by atoms with Crippen LogP contribution in [-0.2, 0) is 4.79 Å². The molecule has 21 heavy (non-hydrogen) atoms. The molecule has 2 heterocycles. The molecule has 4 heteroatoms. The zero-order chi connectivity index (χ0) is 14.4. The summed E-state index contributed by atoms with van der Waals surface area (Å²) in [5, 5.41) is 6.36. The van der Waals surface area contributed by atoms with E-state index in [4.69, 9.17) is 0 Å². The van der Waals surface area contributed by atoms with Gasteiger partial charge in [-0.2, -0.15) is 0 Å². The highest BCUT2D eigenvalue weighted by Gasteiger charge is 2.38. The summed E-state index contributed by atoms with van der Waals surface area (Å²) in [5.74, 6) is 0.968. The highest BCUT2D eigenvalue weighted by molar-refractivity contribution is 6.03. The molecule has 1 aliphatic carbocycles. The minimum absolute atomic E-state index is 0.0820. The number of benzene rings is 1. The predicted molar refractivity (Wildman–Crippen MR) is 84.6 cm³/mol. The molecule has 1 amide bonds. The van der Waals surface area contributed by atoms with Crippen LogP contribution < -0.4 is 15.5 Å². The highest BCUT2D eigenvalue weighted by atomic mass is 16.2. The van der Waals surface area contributed by atoms with Gasteiger partial charge in [0.2, 0.25) is 5.91 Å². The molecule has 1 aromatic rings. The highest BCUT2D eigenvalue weighted by Crippen LogP contribution is 2.42. The van der Waals surface area contributed by atoms with Crippen LogP contribution in [0.25, 0.3) is 0 Å². The number of nitrogens with zero attached hydrogens (tertiary/aromatic N) is 1. The number of piperidine rings is 1. The van der Waals surface area contributed by atoms with E-state index >= 15 is 0 Å². The first-order valence-corrected chi connectivity index (χ1v) is 8.21. The van der Waals surface area contributed by atoms with Gasteiger partial charge in [0.1, 0.15) is 6.04 Å². The quantitative estimate of drug-likeness (QED) is 0.894. The van der Waals surface area contributed by atoms with Gasteiger partial charge in [-0.1, -0.05) is 13.0 Å². The molecule has 2 fully saturated rings. The maximum Gasteiger partial charge on any atom is 0.246 e. The maximum atomic E-state index is 12.1. The number of hydrogen-bond acceptors (Lipinski definition) is 3. The van der Waals surface area contributed by atoms with E-state index in [9.17, 15) is 4.79 Å². The first kappa shape index (κ1) is 13.1. The topological polar surface area (TPSA) is 44.4 Å². The number of hydrogen-bond donors (Lipinski definition) is 2. The summed E-state index contributed by atoms with van der Waals surface area (Å²) in [7, 11) is 0. The Kier molecular flexibility index (Phi) is 3.14. The van der Waals surface area contributed by atoms with Crippen LogP contribution >= 0.6 is 0 Å². The van der Waals surface area contributed by atoms with E-state index in [2.05, 4.69) is 40.7 Å². The third-order valence-electron chi connectivity index (χ3n) is 5.21. The van der Waals surface area contributed by atoms with Crippen LogP contribution in [0.1, 0.15) is 44.2 Å². The summed E-state index contributed by atoms with van der Waals surface area (Å²) >= 11 is 0. The molecule has 0 spiro atoms. The van der Waals surface area contributed by atoms with Crippen LogP contribution in [0.15, 0.2) is 18.2 Å². The number of anilines is 2. The van der Waals surface area contributed by atoms with E-state index in [1.165, 1.54) is 31.5 Å². The minimum atomic E-state index is -0.177. The minimum Gasteiger partial charge on any atom is -0.368 e. The van der Waals surface area contributed by atoms with Crippen molar-refractivity contribution in [3.63, 3.8) is 0 Å². The van der Waals surface area contributed by atoms with Crippen LogP contribution in [-0.4, -0.2) is 25.0 Å². The first-order valence-electron chi connectivity index (χ1n) is 8.21. The molecule has 4 rings (SSSR count). The van der Waals surface area contributed by atoms with E-state index in [1.807, 2.05) is 0 Å². The van der Waals surface area contributed by atoms with Crippen molar-refractivity contribution in [3.05, 3.63) is 23.8 Å². The van der Waals surface area contributed by atoms with Gasteiger partial charge in [0.25, 0.3) is 0 Å². The summed E-state index contributed by atoms with van der Waals surface area (Å²) in [4.78, 5) is 14.6. The van der Waals surface area contributed by atoms with E-state index in [-0.39, 0.29) is 11.9 Å². The molecule has 1 aromatic carbocycles. The predicted octanol–water partition coefficient (Wildman–Crippen LogP) is 2.67. The van der Waals surface area contributed by atoms with Gasteiger partial charge in [0.15, 0.2) is 0 Å². The molecule has 3 unspecified atom stereocenters. The average Bonchev–Trinajstić information content (AvgIpc) is 3.18. The second-order valence-corrected chi connectivity index (χ2v) is 6.63. The van der Waals surface area contributed by atoms with Gasteiger partial charge in [-0.25, -0.2) is 0 Å². The molecule has 2 bridgehead atoms. The van der Waals surface area contributed by atoms with Gasteiger partial charge in [-0.15, -0.1) is 0 Å². The van der Waals surface area contributed by atoms with Crippen molar-refractivity contribution >= 4 is 17.3 Å². The standard InChI is InChI=1S/C17H23N3O/c1-2-7-18-16-14-6-5-13(9-15(14)19-17(16)21)20-10-11-3-4-12(20)8-11/h5-6,9,11-12,16,18H,2-4,7-8,10H2,1H3,(H,19,21).